The molecule has 1 aliphatic carbocycles. The number of aryl methyl sites for hydroxylation is 1. The van der Waals surface area contributed by atoms with Crippen molar-refractivity contribution in [2.45, 2.75) is 58.4 Å². The molecule has 5 heteroatoms. The Morgan fingerprint density at radius 1 is 1.19 bits per heavy atom. The highest BCUT2D eigenvalue weighted by Gasteiger charge is 2.21. The fourth-order valence-electron chi connectivity index (χ4n) is 3.93. The first-order valence-corrected chi connectivity index (χ1v) is 10.1. The van der Waals surface area contributed by atoms with E-state index in [0.717, 1.165) is 54.4 Å². The molecule has 0 unspecified atom stereocenters. The number of carbonyl (C=O) groups excluding carboxylic acids is 2. The van der Waals surface area contributed by atoms with Crippen LogP contribution < -0.4 is 5.32 Å². The van der Waals surface area contributed by atoms with Gasteiger partial charge in [-0.25, -0.2) is 0 Å². The minimum atomic E-state index is 0.0336. The average Bonchev–Trinajstić information content (AvgIpc) is 3.06. The van der Waals surface area contributed by atoms with E-state index in [1.165, 1.54) is 6.42 Å². The predicted octanol–water partition coefficient (Wildman–Crippen LogP) is 4.04. The summed E-state index contributed by atoms with van der Waals surface area (Å²) in [5.74, 6) is 1.21. The van der Waals surface area contributed by atoms with Crippen molar-refractivity contribution in [1.29, 1.82) is 0 Å². The first-order chi connectivity index (χ1) is 13.1. The first-order valence-electron chi connectivity index (χ1n) is 10.1. The van der Waals surface area contributed by atoms with E-state index in [4.69, 9.17) is 4.42 Å². The van der Waals surface area contributed by atoms with E-state index >= 15 is 0 Å². The van der Waals surface area contributed by atoms with Gasteiger partial charge in [0, 0.05) is 49.8 Å². The Balaban J connectivity index is 1.53. The quantitative estimate of drug-likeness (QED) is 0.800. The van der Waals surface area contributed by atoms with Crippen LogP contribution in [0.5, 0.6) is 0 Å². The molecule has 146 valence electrons. The monoisotopic (exact) mass is 370 g/mol. The highest BCUT2D eigenvalue weighted by atomic mass is 16.3. The second kappa shape index (κ2) is 9.07. The van der Waals surface area contributed by atoms with Crippen molar-refractivity contribution >= 4 is 22.8 Å². The number of fused-ring (bicyclic) bond motifs is 1. The minimum Gasteiger partial charge on any atom is -0.461 e. The van der Waals surface area contributed by atoms with Crippen molar-refractivity contribution in [3.05, 3.63) is 35.6 Å². The summed E-state index contributed by atoms with van der Waals surface area (Å²) in [5, 5.41) is 4.01. The molecule has 0 spiro atoms. The Hall–Kier alpha value is -2.30. The fourth-order valence-corrected chi connectivity index (χ4v) is 3.93. The molecule has 1 aliphatic rings. The molecule has 5 nitrogen and oxygen atoms in total. The summed E-state index contributed by atoms with van der Waals surface area (Å²) in [5.41, 5.74) is 1.94. The van der Waals surface area contributed by atoms with Gasteiger partial charge in [-0.3, -0.25) is 9.59 Å². The predicted molar refractivity (Wildman–Crippen MR) is 106 cm³/mol. The maximum absolute atomic E-state index is 12.5. The number of hydrogen-bond acceptors (Lipinski definition) is 3. The maximum atomic E-state index is 12.5. The molecular weight excluding hydrogens is 340 g/mol. The molecule has 27 heavy (non-hydrogen) atoms. The van der Waals surface area contributed by atoms with Crippen molar-refractivity contribution in [3.8, 4) is 0 Å². The van der Waals surface area contributed by atoms with E-state index in [-0.39, 0.29) is 17.7 Å². The standard InChI is InChI=1S/C22H30N2O3/c1-3-19-18(17-11-7-8-12-20(17)27-19)15-24(2)21(25)13-14-23-22(26)16-9-5-4-6-10-16/h7-8,11-12,16H,3-6,9-10,13-15H2,1-2H3,(H,23,26). The third-order valence-electron chi connectivity index (χ3n) is 5.54. The van der Waals surface area contributed by atoms with E-state index < -0.39 is 0 Å². The van der Waals surface area contributed by atoms with Crippen LogP contribution in [0, 0.1) is 5.92 Å². The van der Waals surface area contributed by atoms with Crippen molar-refractivity contribution in [2.24, 2.45) is 5.92 Å². The number of hydrogen-bond donors (Lipinski definition) is 1. The first kappa shape index (κ1) is 19.5. The highest BCUT2D eigenvalue weighted by Crippen LogP contribution is 2.27. The van der Waals surface area contributed by atoms with Gasteiger partial charge in [-0.1, -0.05) is 44.4 Å². The maximum Gasteiger partial charge on any atom is 0.224 e. The summed E-state index contributed by atoms with van der Waals surface area (Å²) in [6, 6.07) is 7.94. The van der Waals surface area contributed by atoms with Gasteiger partial charge in [0.25, 0.3) is 0 Å². The number of amides is 2. The van der Waals surface area contributed by atoms with E-state index in [1.54, 1.807) is 4.90 Å². The number of furan rings is 1. The minimum absolute atomic E-state index is 0.0336. The third-order valence-corrected chi connectivity index (χ3v) is 5.54. The summed E-state index contributed by atoms with van der Waals surface area (Å²) in [6.07, 6.45) is 6.58. The smallest absolute Gasteiger partial charge is 0.224 e. The van der Waals surface area contributed by atoms with Crippen molar-refractivity contribution in [3.63, 3.8) is 0 Å². The summed E-state index contributed by atoms with van der Waals surface area (Å²) >= 11 is 0. The second-order valence-electron chi connectivity index (χ2n) is 7.48. The van der Waals surface area contributed by atoms with E-state index in [0.29, 0.717) is 19.5 Å². The number of para-hydroxylation sites is 1. The van der Waals surface area contributed by atoms with Crippen molar-refractivity contribution in [2.75, 3.05) is 13.6 Å². The van der Waals surface area contributed by atoms with Crippen LogP contribution in [0.15, 0.2) is 28.7 Å². The molecule has 1 heterocycles. The van der Waals surface area contributed by atoms with Crippen LogP contribution in [-0.2, 0) is 22.6 Å². The number of rotatable bonds is 7. The lowest BCUT2D eigenvalue weighted by molar-refractivity contribution is -0.130. The van der Waals surface area contributed by atoms with E-state index in [1.807, 2.05) is 31.3 Å². The SMILES string of the molecule is CCc1oc2ccccc2c1CN(C)C(=O)CCNC(=O)C1CCCCC1. The van der Waals surface area contributed by atoms with Gasteiger partial charge in [-0.2, -0.15) is 0 Å². The lowest BCUT2D eigenvalue weighted by Crippen LogP contribution is -2.35. The molecule has 2 amide bonds. The second-order valence-corrected chi connectivity index (χ2v) is 7.48. The zero-order valence-corrected chi connectivity index (χ0v) is 16.4. The highest BCUT2D eigenvalue weighted by molar-refractivity contribution is 5.84. The number of nitrogens with one attached hydrogen (secondary N) is 1. The van der Waals surface area contributed by atoms with Crippen LogP contribution >= 0.6 is 0 Å². The molecule has 0 atom stereocenters. The van der Waals surface area contributed by atoms with Crippen LogP contribution in [0.3, 0.4) is 0 Å². The van der Waals surface area contributed by atoms with E-state index in [9.17, 15) is 9.59 Å². The Morgan fingerprint density at radius 3 is 2.67 bits per heavy atom. The van der Waals surface area contributed by atoms with Gasteiger partial charge in [0.1, 0.15) is 11.3 Å². The Morgan fingerprint density at radius 2 is 1.93 bits per heavy atom. The largest absolute Gasteiger partial charge is 0.461 e. The molecule has 0 radical (unpaired) electrons. The van der Waals surface area contributed by atoms with Gasteiger partial charge >= 0.3 is 0 Å². The van der Waals surface area contributed by atoms with Crippen molar-refractivity contribution in [1.82, 2.24) is 10.2 Å². The van der Waals surface area contributed by atoms with Gasteiger partial charge in [-0.05, 0) is 18.9 Å². The fraction of sp³-hybridized carbons (Fsp3) is 0.545. The molecule has 1 fully saturated rings. The van der Waals surface area contributed by atoms with Crippen LogP contribution in [-0.4, -0.2) is 30.3 Å². The average molecular weight is 370 g/mol. The van der Waals surface area contributed by atoms with Crippen LogP contribution in [0.2, 0.25) is 0 Å². The molecule has 3 rings (SSSR count). The van der Waals surface area contributed by atoms with Crippen LogP contribution in [0.4, 0.5) is 0 Å². The Labute approximate surface area is 161 Å². The third kappa shape index (κ3) is 4.71. The number of benzene rings is 1. The zero-order chi connectivity index (χ0) is 19.2. The topological polar surface area (TPSA) is 62.6 Å². The lowest BCUT2D eigenvalue weighted by atomic mass is 9.89. The van der Waals surface area contributed by atoms with Gasteiger partial charge in [0.15, 0.2) is 0 Å². The molecule has 1 aromatic heterocycles. The number of carbonyl (C=O) groups is 2. The molecule has 1 saturated carbocycles. The molecule has 0 saturated heterocycles. The summed E-state index contributed by atoms with van der Waals surface area (Å²) in [6.45, 7) is 2.99. The van der Waals surface area contributed by atoms with Crippen molar-refractivity contribution < 1.29 is 14.0 Å². The molecule has 1 aromatic carbocycles. The Kier molecular flexibility index (Phi) is 6.54. The van der Waals surface area contributed by atoms with E-state index in [2.05, 4.69) is 12.2 Å². The molecule has 0 aliphatic heterocycles. The summed E-state index contributed by atoms with van der Waals surface area (Å²) < 4.78 is 5.91. The van der Waals surface area contributed by atoms with Crippen LogP contribution in [0.25, 0.3) is 11.0 Å². The molecule has 0 bridgehead atoms. The molecule has 2 aromatic rings. The van der Waals surface area contributed by atoms with Gasteiger partial charge in [0.2, 0.25) is 11.8 Å². The summed E-state index contributed by atoms with van der Waals surface area (Å²) in [4.78, 5) is 26.4. The molecular formula is C22H30N2O3. The zero-order valence-electron chi connectivity index (χ0n) is 16.4. The normalized spacial score (nSPS) is 15.0. The van der Waals surface area contributed by atoms with Crippen LogP contribution in [0.1, 0.15) is 56.8 Å². The summed E-state index contributed by atoms with van der Waals surface area (Å²) in [7, 11) is 1.81. The van der Waals surface area contributed by atoms with Gasteiger partial charge < -0.3 is 14.6 Å². The lowest BCUT2D eigenvalue weighted by Gasteiger charge is -2.21. The Bertz CT molecular complexity index is 790. The molecule has 1 N–H and O–H groups in total. The number of nitrogens with zero attached hydrogens (tertiary/aromatic N) is 1. The van der Waals surface area contributed by atoms with Gasteiger partial charge in [0.05, 0.1) is 0 Å². The van der Waals surface area contributed by atoms with Gasteiger partial charge in [-0.15, -0.1) is 0 Å².